The molecule has 152 valence electrons. The first-order valence-electron chi connectivity index (χ1n) is 10.4. The van der Waals surface area contributed by atoms with Crippen LogP contribution in [-0.4, -0.2) is 32.2 Å². The van der Waals surface area contributed by atoms with Gasteiger partial charge in [0, 0.05) is 20.8 Å². The van der Waals surface area contributed by atoms with E-state index in [2.05, 4.69) is 44.2 Å². The number of methoxy groups -OCH3 is 2. The van der Waals surface area contributed by atoms with Crippen LogP contribution in [0, 0.1) is 11.8 Å². The molecule has 3 nitrogen and oxygen atoms in total. The Hall–Kier alpha value is -0.900. The topological polar surface area (TPSA) is 38.7 Å². The summed E-state index contributed by atoms with van der Waals surface area (Å²) in [6, 6.07) is 0. The molecule has 0 aromatic carbocycles. The SMILES string of the molecule is CCCCC/C=C\C=C\C(CCO)C(/C=C/C(OC)OC)CCCCC. The van der Waals surface area contributed by atoms with Crippen molar-refractivity contribution in [1.29, 1.82) is 0 Å². The van der Waals surface area contributed by atoms with E-state index in [-0.39, 0.29) is 12.9 Å². The van der Waals surface area contributed by atoms with Gasteiger partial charge in [-0.15, -0.1) is 0 Å². The molecule has 0 bridgehead atoms. The number of rotatable bonds is 17. The molecule has 0 aliphatic heterocycles. The van der Waals surface area contributed by atoms with Crippen LogP contribution in [0.2, 0.25) is 0 Å². The lowest BCUT2D eigenvalue weighted by Gasteiger charge is -2.22. The quantitative estimate of drug-likeness (QED) is 0.147. The van der Waals surface area contributed by atoms with E-state index in [9.17, 15) is 5.11 Å². The van der Waals surface area contributed by atoms with E-state index in [1.54, 1.807) is 14.2 Å². The fraction of sp³-hybridized carbons (Fsp3) is 0.739. The standard InChI is InChI=1S/C23H42O3/c1-5-7-9-10-11-12-14-16-22(19-20-24)21(15-13-8-6-2)17-18-23(25-3)26-4/h11-12,14,16-18,21-24H,5-10,13,15,19-20H2,1-4H3/b12-11-,16-14+,18-17+. The van der Waals surface area contributed by atoms with Crippen LogP contribution in [0.1, 0.15) is 71.6 Å². The summed E-state index contributed by atoms with van der Waals surface area (Å²) in [7, 11) is 3.30. The first kappa shape index (κ1) is 25.1. The molecular weight excluding hydrogens is 324 g/mol. The Bertz CT molecular complexity index is 370. The van der Waals surface area contributed by atoms with Gasteiger partial charge in [0.05, 0.1) is 0 Å². The van der Waals surface area contributed by atoms with Crippen LogP contribution in [0.25, 0.3) is 0 Å². The number of hydrogen-bond acceptors (Lipinski definition) is 3. The molecule has 2 atom stereocenters. The number of unbranched alkanes of at least 4 members (excludes halogenated alkanes) is 5. The van der Waals surface area contributed by atoms with Gasteiger partial charge in [0.15, 0.2) is 6.29 Å². The van der Waals surface area contributed by atoms with Gasteiger partial charge in [-0.2, -0.15) is 0 Å². The molecule has 0 aliphatic carbocycles. The molecule has 0 amide bonds. The fourth-order valence-electron chi connectivity index (χ4n) is 3.07. The van der Waals surface area contributed by atoms with Gasteiger partial charge < -0.3 is 14.6 Å². The predicted molar refractivity (Wildman–Crippen MR) is 112 cm³/mol. The summed E-state index contributed by atoms with van der Waals surface area (Å²) in [4.78, 5) is 0. The van der Waals surface area contributed by atoms with Crippen LogP contribution in [0.15, 0.2) is 36.5 Å². The summed E-state index contributed by atoms with van der Waals surface area (Å²) in [5.41, 5.74) is 0. The highest BCUT2D eigenvalue weighted by Crippen LogP contribution is 2.25. The number of ether oxygens (including phenoxy) is 2. The second-order valence-corrected chi connectivity index (χ2v) is 6.87. The van der Waals surface area contributed by atoms with Gasteiger partial charge in [-0.25, -0.2) is 0 Å². The third-order valence-electron chi connectivity index (χ3n) is 4.71. The molecule has 0 radical (unpaired) electrons. The molecule has 26 heavy (non-hydrogen) atoms. The monoisotopic (exact) mass is 366 g/mol. The molecule has 0 saturated heterocycles. The number of allylic oxidation sites excluding steroid dienone is 5. The van der Waals surface area contributed by atoms with Crippen molar-refractivity contribution >= 4 is 0 Å². The molecule has 0 aromatic heterocycles. The highest BCUT2D eigenvalue weighted by Gasteiger charge is 2.16. The average molecular weight is 367 g/mol. The lowest BCUT2D eigenvalue weighted by Crippen LogP contribution is -2.15. The van der Waals surface area contributed by atoms with Crippen LogP contribution in [0.5, 0.6) is 0 Å². The van der Waals surface area contributed by atoms with E-state index in [4.69, 9.17) is 9.47 Å². The summed E-state index contributed by atoms with van der Waals surface area (Å²) in [5, 5.41) is 9.50. The number of aliphatic hydroxyl groups is 1. The first-order valence-corrected chi connectivity index (χ1v) is 10.4. The van der Waals surface area contributed by atoms with Crippen LogP contribution >= 0.6 is 0 Å². The van der Waals surface area contributed by atoms with Crippen molar-refractivity contribution in [3.8, 4) is 0 Å². The minimum absolute atomic E-state index is 0.214. The van der Waals surface area contributed by atoms with Crippen molar-refractivity contribution in [2.24, 2.45) is 11.8 Å². The summed E-state index contributed by atoms with van der Waals surface area (Å²) >= 11 is 0. The molecule has 2 unspecified atom stereocenters. The van der Waals surface area contributed by atoms with E-state index < -0.39 is 0 Å². The van der Waals surface area contributed by atoms with Gasteiger partial charge in [0.25, 0.3) is 0 Å². The maximum Gasteiger partial charge on any atom is 0.176 e. The second kappa shape index (κ2) is 18.9. The zero-order valence-corrected chi connectivity index (χ0v) is 17.5. The first-order chi connectivity index (χ1) is 12.7. The molecule has 0 rings (SSSR count). The van der Waals surface area contributed by atoms with Crippen molar-refractivity contribution in [2.75, 3.05) is 20.8 Å². The molecule has 0 aromatic rings. The van der Waals surface area contributed by atoms with Crippen molar-refractivity contribution in [3.63, 3.8) is 0 Å². The van der Waals surface area contributed by atoms with Gasteiger partial charge in [-0.3, -0.25) is 0 Å². The van der Waals surface area contributed by atoms with Gasteiger partial charge in [0.1, 0.15) is 0 Å². The maximum atomic E-state index is 9.50. The number of aliphatic hydroxyl groups excluding tert-OH is 1. The van der Waals surface area contributed by atoms with E-state index >= 15 is 0 Å². The maximum absolute atomic E-state index is 9.50. The molecule has 1 N–H and O–H groups in total. The lowest BCUT2D eigenvalue weighted by molar-refractivity contribution is -0.0669. The highest BCUT2D eigenvalue weighted by atomic mass is 16.7. The van der Waals surface area contributed by atoms with Crippen molar-refractivity contribution < 1.29 is 14.6 Å². The van der Waals surface area contributed by atoms with E-state index in [1.807, 2.05) is 6.08 Å². The Morgan fingerprint density at radius 1 is 0.769 bits per heavy atom. The Labute approximate surface area is 162 Å². The van der Waals surface area contributed by atoms with Gasteiger partial charge >= 0.3 is 0 Å². The van der Waals surface area contributed by atoms with E-state index in [1.165, 1.54) is 38.5 Å². The summed E-state index contributed by atoms with van der Waals surface area (Å²) in [6.07, 6.45) is 23.2. The third-order valence-corrected chi connectivity index (χ3v) is 4.71. The average Bonchev–Trinajstić information content (AvgIpc) is 2.66. The Balaban J connectivity index is 4.87. The zero-order valence-electron chi connectivity index (χ0n) is 17.5. The lowest BCUT2D eigenvalue weighted by atomic mass is 9.84. The summed E-state index contributed by atoms with van der Waals surface area (Å²) < 4.78 is 10.5. The minimum Gasteiger partial charge on any atom is -0.396 e. The molecule has 0 fully saturated rings. The van der Waals surface area contributed by atoms with Gasteiger partial charge in [-0.1, -0.05) is 76.3 Å². The minimum atomic E-state index is -0.305. The van der Waals surface area contributed by atoms with E-state index in [0.29, 0.717) is 11.8 Å². The third kappa shape index (κ3) is 13.3. The summed E-state index contributed by atoms with van der Waals surface area (Å²) in [6.45, 7) is 4.67. The Kier molecular flexibility index (Phi) is 18.2. The van der Waals surface area contributed by atoms with Crippen molar-refractivity contribution in [1.82, 2.24) is 0 Å². The highest BCUT2D eigenvalue weighted by molar-refractivity contribution is 5.07. The van der Waals surface area contributed by atoms with Gasteiger partial charge in [0.2, 0.25) is 0 Å². The zero-order chi connectivity index (χ0) is 19.5. The van der Waals surface area contributed by atoms with E-state index in [0.717, 1.165) is 19.3 Å². The largest absolute Gasteiger partial charge is 0.396 e. The normalized spacial score (nSPS) is 15.0. The van der Waals surface area contributed by atoms with Crippen LogP contribution in [0.4, 0.5) is 0 Å². The molecule has 0 heterocycles. The Morgan fingerprint density at radius 3 is 2.04 bits per heavy atom. The molecule has 0 spiro atoms. The van der Waals surface area contributed by atoms with Crippen LogP contribution in [-0.2, 0) is 9.47 Å². The Morgan fingerprint density at radius 2 is 1.42 bits per heavy atom. The summed E-state index contributed by atoms with van der Waals surface area (Å²) in [5.74, 6) is 0.731. The van der Waals surface area contributed by atoms with Crippen molar-refractivity contribution in [3.05, 3.63) is 36.5 Å². The van der Waals surface area contributed by atoms with Crippen LogP contribution < -0.4 is 0 Å². The van der Waals surface area contributed by atoms with Crippen molar-refractivity contribution in [2.45, 2.75) is 77.9 Å². The fourth-order valence-corrected chi connectivity index (χ4v) is 3.07. The number of hydrogen-bond donors (Lipinski definition) is 1. The predicted octanol–water partition coefficient (Wildman–Crippen LogP) is 6.05. The second-order valence-electron chi connectivity index (χ2n) is 6.87. The smallest absolute Gasteiger partial charge is 0.176 e. The molecule has 3 heteroatoms. The van der Waals surface area contributed by atoms with Gasteiger partial charge in [-0.05, 0) is 43.6 Å². The molecule has 0 saturated carbocycles. The van der Waals surface area contributed by atoms with Crippen LogP contribution in [0.3, 0.4) is 0 Å². The molecular formula is C23H42O3. The molecule has 0 aliphatic rings.